The Labute approximate surface area is 74.7 Å². The molecule has 0 spiro atoms. The van der Waals surface area contributed by atoms with Crippen LogP contribution in [0.3, 0.4) is 0 Å². The van der Waals surface area contributed by atoms with E-state index >= 15 is 0 Å². The summed E-state index contributed by atoms with van der Waals surface area (Å²) >= 11 is 0. The maximum Gasteiger partial charge on any atom is -0.0232 e. The fourth-order valence-corrected chi connectivity index (χ4v) is 5.71. The lowest BCUT2D eigenvalue weighted by molar-refractivity contribution is 0.0265. The van der Waals surface area contributed by atoms with E-state index in [4.69, 9.17) is 0 Å². The Kier molecular flexibility index (Phi) is 0.755. The Morgan fingerprint density at radius 1 is 1.08 bits per heavy atom. The van der Waals surface area contributed by atoms with Crippen molar-refractivity contribution in [3.63, 3.8) is 0 Å². The van der Waals surface area contributed by atoms with Crippen molar-refractivity contribution >= 4 is 0 Å². The summed E-state index contributed by atoms with van der Waals surface area (Å²) in [5.41, 5.74) is 1.66. The first-order valence-corrected chi connectivity index (χ1v) is 5.63. The Morgan fingerprint density at radius 3 is 2.58 bits per heavy atom. The van der Waals surface area contributed by atoms with E-state index in [9.17, 15) is 0 Å². The van der Waals surface area contributed by atoms with E-state index in [1.54, 1.807) is 25.7 Å². The van der Waals surface area contributed by atoms with Gasteiger partial charge in [0.1, 0.15) is 0 Å². The second kappa shape index (κ2) is 1.40. The number of hydrogen-bond donors (Lipinski definition) is 0. The van der Waals surface area contributed by atoms with Gasteiger partial charge in [-0.05, 0) is 60.2 Å². The second-order valence-electron chi connectivity index (χ2n) is 6.61. The molecule has 5 unspecified atom stereocenters. The average Bonchev–Trinajstić information content (AvgIpc) is 2.48. The molecule has 0 aromatic carbocycles. The quantitative estimate of drug-likeness (QED) is 0.513. The predicted octanol–water partition coefficient (Wildman–Crippen LogP) is 3.08. The highest BCUT2D eigenvalue weighted by molar-refractivity contribution is 5.25. The minimum absolute atomic E-state index is 0.796. The molecule has 4 bridgehead atoms. The van der Waals surface area contributed by atoms with Gasteiger partial charge in [-0.15, -0.1) is 0 Å². The normalized spacial score (nSPS) is 76.5. The third-order valence-corrected chi connectivity index (χ3v) is 6.02. The second-order valence-corrected chi connectivity index (χ2v) is 6.61. The third kappa shape index (κ3) is 0.438. The van der Waals surface area contributed by atoms with E-state index < -0.39 is 0 Å². The molecule has 5 rings (SSSR count). The van der Waals surface area contributed by atoms with Crippen LogP contribution in [0.2, 0.25) is 0 Å². The van der Waals surface area contributed by atoms with Gasteiger partial charge in [0.05, 0.1) is 0 Å². The lowest BCUT2D eigenvalue weighted by Crippen LogP contribution is -2.38. The van der Waals surface area contributed by atoms with E-state index in [1.807, 2.05) is 0 Å². The molecule has 5 saturated carbocycles. The van der Waals surface area contributed by atoms with E-state index in [0.717, 1.165) is 22.7 Å². The van der Waals surface area contributed by atoms with Crippen molar-refractivity contribution in [2.75, 3.05) is 0 Å². The molecule has 0 N–H and O–H groups in total. The zero-order valence-corrected chi connectivity index (χ0v) is 8.14. The van der Waals surface area contributed by atoms with Gasteiger partial charge in [-0.3, -0.25) is 0 Å². The first-order valence-electron chi connectivity index (χ1n) is 5.63. The summed E-state index contributed by atoms with van der Waals surface area (Å²) in [6, 6.07) is 0. The van der Waals surface area contributed by atoms with Crippen LogP contribution in [-0.4, -0.2) is 0 Å². The van der Waals surface area contributed by atoms with Gasteiger partial charge in [0.15, 0.2) is 0 Å². The molecule has 66 valence electrons. The molecule has 0 radical (unpaired) electrons. The number of rotatable bonds is 0. The van der Waals surface area contributed by atoms with Crippen molar-refractivity contribution in [2.24, 2.45) is 34.5 Å². The molecule has 0 nitrogen and oxygen atoms in total. The van der Waals surface area contributed by atoms with E-state index in [0.29, 0.717) is 0 Å². The van der Waals surface area contributed by atoms with Crippen LogP contribution >= 0.6 is 0 Å². The van der Waals surface area contributed by atoms with Gasteiger partial charge >= 0.3 is 0 Å². The number of hydrogen-bond acceptors (Lipinski definition) is 0. The fraction of sp³-hybridized carbons (Fsp3) is 1.00. The summed E-state index contributed by atoms with van der Waals surface area (Å²) < 4.78 is 0. The van der Waals surface area contributed by atoms with Crippen LogP contribution in [-0.2, 0) is 0 Å². The lowest BCUT2D eigenvalue weighted by Gasteiger charge is -2.47. The van der Waals surface area contributed by atoms with Crippen LogP contribution < -0.4 is 0 Å². The van der Waals surface area contributed by atoms with Crippen LogP contribution in [0.25, 0.3) is 0 Å². The van der Waals surface area contributed by atoms with Gasteiger partial charge in [0.25, 0.3) is 0 Å². The average molecular weight is 162 g/mol. The van der Waals surface area contributed by atoms with Gasteiger partial charge in [0, 0.05) is 0 Å². The highest BCUT2D eigenvalue weighted by Gasteiger charge is 2.77. The minimum atomic E-state index is 0.796. The molecule has 12 heavy (non-hydrogen) atoms. The van der Waals surface area contributed by atoms with E-state index in [1.165, 1.54) is 11.8 Å². The molecule has 5 aliphatic rings. The first kappa shape index (κ1) is 6.45. The molecule has 0 aromatic heterocycles. The Balaban J connectivity index is 1.89. The molecule has 0 heteroatoms. The molecule has 5 aliphatic carbocycles. The Morgan fingerprint density at radius 2 is 1.92 bits per heavy atom. The van der Waals surface area contributed by atoms with Gasteiger partial charge < -0.3 is 0 Å². The molecule has 0 amide bonds. The molecule has 0 aromatic rings. The van der Waals surface area contributed by atoms with Gasteiger partial charge in [0.2, 0.25) is 0 Å². The van der Waals surface area contributed by atoms with Gasteiger partial charge in [-0.1, -0.05) is 13.8 Å². The Hall–Kier alpha value is 0. The van der Waals surface area contributed by atoms with Gasteiger partial charge in [-0.2, -0.15) is 0 Å². The topological polar surface area (TPSA) is 0 Å². The molecule has 0 aliphatic heterocycles. The Bertz CT molecular complexity index is 259. The van der Waals surface area contributed by atoms with Crippen LogP contribution in [0.1, 0.15) is 39.5 Å². The maximum absolute atomic E-state index is 2.60. The molecular weight excluding hydrogens is 144 g/mol. The van der Waals surface area contributed by atoms with E-state index in [2.05, 4.69) is 13.8 Å². The molecule has 5 fully saturated rings. The van der Waals surface area contributed by atoms with Crippen LogP contribution in [0.15, 0.2) is 0 Å². The van der Waals surface area contributed by atoms with Crippen molar-refractivity contribution in [2.45, 2.75) is 39.5 Å². The third-order valence-electron chi connectivity index (χ3n) is 6.02. The standard InChI is InChI=1S/C12H18/c1-11-4-7-3-8(5-11)12(2)9(6-11)10(7)12/h7-10H,3-6H2,1-2H3/t7?,8?,9?,10?,11?,12-/m0/s1. The summed E-state index contributed by atoms with van der Waals surface area (Å²) in [4.78, 5) is 0. The van der Waals surface area contributed by atoms with E-state index in [-0.39, 0.29) is 0 Å². The molecule has 0 saturated heterocycles. The molecular formula is C12H18. The minimum Gasteiger partial charge on any atom is -0.0596 e. The fourth-order valence-electron chi connectivity index (χ4n) is 5.71. The van der Waals surface area contributed by atoms with Crippen molar-refractivity contribution in [3.8, 4) is 0 Å². The summed E-state index contributed by atoms with van der Waals surface area (Å²) in [5.74, 6) is 4.68. The summed E-state index contributed by atoms with van der Waals surface area (Å²) in [6.45, 7) is 5.15. The van der Waals surface area contributed by atoms with Crippen molar-refractivity contribution in [1.82, 2.24) is 0 Å². The summed E-state index contributed by atoms with van der Waals surface area (Å²) in [5, 5.41) is 0. The van der Waals surface area contributed by atoms with Crippen molar-refractivity contribution in [1.29, 1.82) is 0 Å². The molecule has 0 heterocycles. The summed E-state index contributed by atoms with van der Waals surface area (Å²) in [7, 11) is 0. The molecule has 6 atom stereocenters. The summed E-state index contributed by atoms with van der Waals surface area (Å²) in [6.07, 6.45) is 6.35. The van der Waals surface area contributed by atoms with Crippen LogP contribution in [0.4, 0.5) is 0 Å². The van der Waals surface area contributed by atoms with Crippen molar-refractivity contribution < 1.29 is 0 Å². The largest absolute Gasteiger partial charge is 0.0596 e. The zero-order valence-electron chi connectivity index (χ0n) is 8.14. The highest BCUT2D eigenvalue weighted by Crippen LogP contribution is 2.84. The van der Waals surface area contributed by atoms with Crippen LogP contribution in [0.5, 0.6) is 0 Å². The predicted molar refractivity (Wildman–Crippen MR) is 48.6 cm³/mol. The zero-order chi connectivity index (χ0) is 8.14. The maximum atomic E-state index is 2.60. The monoisotopic (exact) mass is 162 g/mol. The first-order chi connectivity index (χ1) is 5.63. The smallest absolute Gasteiger partial charge is 0.0232 e. The van der Waals surface area contributed by atoms with Crippen molar-refractivity contribution in [3.05, 3.63) is 0 Å². The highest BCUT2D eigenvalue weighted by atomic mass is 14.8. The lowest BCUT2D eigenvalue weighted by atomic mass is 9.58. The SMILES string of the molecule is CC12CC3CC(C1)[C@@]1(C)C(C2)C31. The van der Waals surface area contributed by atoms with Crippen LogP contribution in [0, 0.1) is 34.5 Å². The van der Waals surface area contributed by atoms with Gasteiger partial charge in [-0.25, -0.2) is 0 Å².